The van der Waals surface area contributed by atoms with Gasteiger partial charge in [0.25, 0.3) is 0 Å². The SMILES string of the molecule is Cc1nc(Cl)cc2nnc(-c3cccc(Cl)c3)n12. The fourth-order valence-corrected chi connectivity index (χ4v) is 2.28. The van der Waals surface area contributed by atoms with Gasteiger partial charge in [0.1, 0.15) is 11.0 Å². The van der Waals surface area contributed by atoms with E-state index in [2.05, 4.69) is 15.2 Å². The summed E-state index contributed by atoms with van der Waals surface area (Å²) in [6.07, 6.45) is 0. The van der Waals surface area contributed by atoms with Crippen LogP contribution in [0.1, 0.15) is 5.82 Å². The molecule has 0 aliphatic heterocycles. The highest BCUT2D eigenvalue weighted by Gasteiger charge is 2.11. The Morgan fingerprint density at radius 2 is 1.94 bits per heavy atom. The van der Waals surface area contributed by atoms with Crippen LogP contribution in [0.25, 0.3) is 17.0 Å². The van der Waals surface area contributed by atoms with Gasteiger partial charge in [-0.2, -0.15) is 0 Å². The van der Waals surface area contributed by atoms with E-state index in [-0.39, 0.29) is 0 Å². The second-order valence-corrected chi connectivity index (χ2v) is 4.68. The lowest BCUT2D eigenvalue weighted by atomic mass is 10.2. The van der Waals surface area contributed by atoms with E-state index in [9.17, 15) is 0 Å². The van der Waals surface area contributed by atoms with E-state index in [1.807, 2.05) is 35.6 Å². The van der Waals surface area contributed by atoms with Crippen LogP contribution in [-0.2, 0) is 0 Å². The van der Waals surface area contributed by atoms with Crippen molar-refractivity contribution in [3.8, 4) is 11.4 Å². The molecule has 0 aliphatic carbocycles. The third-order valence-electron chi connectivity index (χ3n) is 2.61. The number of hydrogen-bond donors (Lipinski definition) is 0. The Kier molecular flexibility index (Phi) is 2.69. The maximum Gasteiger partial charge on any atom is 0.169 e. The number of aromatic nitrogens is 4. The Morgan fingerprint density at radius 3 is 2.72 bits per heavy atom. The second-order valence-electron chi connectivity index (χ2n) is 3.85. The number of benzene rings is 1. The van der Waals surface area contributed by atoms with Gasteiger partial charge >= 0.3 is 0 Å². The number of fused-ring (bicyclic) bond motifs is 1. The van der Waals surface area contributed by atoms with Gasteiger partial charge in [-0.05, 0) is 19.1 Å². The molecule has 0 saturated heterocycles. The van der Waals surface area contributed by atoms with Crippen molar-refractivity contribution in [3.05, 3.63) is 46.3 Å². The Hall–Kier alpha value is -1.65. The van der Waals surface area contributed by atoms with E-state index < -0.39 is 0 Å². The monoisotopic (exact) mass is 278 g/mol. The van der Waals surface area contributed by atoms with Crippen molar-refractivity contribution in [1.82, 2.24) is 19.6 Å². The highest BCUT2D eigenvalue weighted by atomic mass is 35.5. The fourth-order valence-electron chi connectivity index (χ4n) is 1.87. The molecule has 2 heterocycles. The quantitative estimate of drug-likeness (QED) is 0.641. The first kappa shape index (κ1) is 11.4. The number of aryl methyl sites for hydroxylation is 1. The molecule has 0 aliphatic rings. The van der Waals surface area contributed by atoms with Crippen molar-refractivity contribution in [3.63, 3.8) is 0 Å². The molecule has 0 unspecified atom stereocenters. The lowest BCUT2D eigenvalue weighted by molar-refractivity contribution is 0.988. The summed E-state index contributed by atoms with van der Waals surface area (Å²) in [6.45, 7) is 1.86. The molecule has 3 rings (SSSR count). The average molecular weight is 279 g/mol. The lowest BCUT2D eigenvalue weighted by Crippen LogP contribution is -1.97. The van der Waals surface area contributed by atoms with Gasteiger partial charge in [0.15, 0.2) is 11.5 Å². The molecule has 90 valence electrons. The molecule has 2 aromatic heterocycles. The van der Waals surface area contributed by atoms with E-state index in [0.717, 1.165) is 11.4 Å². The summed E-state index contributed by atoms with van der Waals surface area (Å²) in [5, 5.41) is 9.32. The van der Waals surface area contributed by atoms with Crippen LogP contribution in [0, 0.1) is 6.92 Å². The highest BCUT2D eigenvalue weighted by Crippen LogP contribution is 2.23. The number of nitrogens with zero attached hydrogens (tertiary/aromatic N) is 4. The molecule has 0 amide bonds. The first-order valence-electron chi connectivity index (χ1n) is 5.29. The number of halogens is 2. The normalized spacial score (nSPS) is 11.1. The molecule has 1 aromatic carbocycles. The topological polar surface area (TPSA) is 43.1 Å². The molecular weight excluding hydrogens is 271 g/mol. The van der Waals surface area contributed by atoms with E-state index in [1.54, 1.807) is 6.07 Å². The van der Waals surface area contributed by atoms with Crippen molar-refractivity contribution in [1.29, 1.82) is 0 Å². The summed E-state index contributed by atoms with van der Waals surface area (Å²) in [5.74, 6) is 1.44. The molecule has 3 aromatic rings. The zero-order valence-corrected chi connectivity index (χ0v) is 10.9. The Labute approximate surface area is 113 Å². The minimum absolute atomic E-state index is 0.407. The van der Waals surface area contributed by atoms with Gasteiger partial charge in [0.2, 0.25) is 0 Å². The molecule has 0 atom stereocenters. The molecule has 0 spiro atoms. The molecule has 6 heteroatoms. The summed E-state index contributed by atoms with van der Waals surface area (Å²) >= 11 is 11.9. The van der Waals surface area contributed by atoms with Gasteiger partial charge in [-0.3, -0.25) is 4.40 Å². The summed E-state index contributed by atoms with van der Waals surface area (Å²) in [7, 11) is 0. The fraction of sp³-hybridized carbons (Fsp3) is 0.0833. The van der Waals surface area contributed by atoms with Crippen LogP contribution in [0.3, 0.4) is 0 Å². The third-order valence-corrected chi connectivity index (χ3v) is 3.04. The third kappa shape index (κ3) is 1.83. The minimum atomic E-state index is 0.407. The minimum Gasteiger partial charge on any atom is -0.263 e. The van der Waals surface area contributed by atoms with Gasteiger partial charge in [-0.1, -0.05) is 35.3 Å². The number of rotatable bonds is 1. The van der Waals surface area contributed by atoms with E-state index in [1.165, 1.54) is 0 Å². The van der Waals surface area contributed by atoms with E-state index in [0.29, 0.717) is 21.6 Å². The first-order valence-corrected chi connectivity index (χ1v) is 6.05. The molecule has 0 radical (unpaired) electrons. The van der Waals surface area contributed by atoms with E-state index >= 15 is 0 Å². The van der Waals surface area contributed by atoms with Gasteiger partial charge in [-0.15, -0.1) is 10.2 Å². The molecule has 18 heavy (non-hydrogen) atoms. The van der Waals surface area contributed by atoms with Crippen molar-refractivity contribution in [2.45, 2.75) is 6.92 Å². The van der Waals surface area contributed by atoms with Crippen molar-refractivity contribution < 1.29 is 0 Å². The average Bonchev–Trinajstić information content (AvgIpc) is 2.72. The number of hydrogen-bond acceptors (Lipinski definition) is 3. The van der Waals surface area contributed by atoms with Crippen LogP contribution in [-0.4, -0.2) is 19.6 Å². The van der Waals surface area contributed by atoms with Crippen molar-refractivity contribution >= 4 is 28.8 Å². The predicted molar refractivity (Wildman–Crippen MR) is 71.0 cm³/mol. The molecular formula is C12H8Cl2N4. The van der Waals surface area contributed by atoms with Crippen molar-refractivity contribution in [2.24, 2.45) is 0 Å². The molecule has 0 bridgehead atoms. The van der Waals surface area contributed by atoms with Gasteiger partial charge in [-0.25, -0.2) is 4.98 Å². The summed E-state index contributed by atoms with van der Waals surface area (Å²) in [5.41, 5.74) is 1.56. The van der Waals surface area contributed by atoms with Gasteiger partial charge in [0, 0.05) is 16.7 Å². The first-order chi connectivity index (χ1) is 8.65. The maximum atomic E-state index is 5.98. The largest absolute Gasteiger partial charge is 0.263 e. The van der Waals surface area contributed by atoms with E-state index in [4.69, 9.17) is 23.2 Å². The zero-order chi connectivity index (χ0) is 12.7. The van der Waals surface area contributed by atoms with Crippen LogP contribution in [0.5, 0.6) is 0 Å². The molecule has 0 fully saturated rings. The smallest absolute Gasteiger partial charge is 0.169 e. The molecule has 0 N–H and O–H groups in total. The second kappa shape index (κ2) is 4.23. The Balaban J connectivity index is 2.31. The summed E-state index contributed by atoms with van der Waals surface area (Å²) in [4.78, 5) is 4.20. The molecule has 4 nitrogen and oxygen atoms in total. The van der Waals surface area contributed by atoms with Gasteiger partial charge in [0.05, 0.1) is 0 Å². The van der Waals surface area contributed by atoms with Gasteiger partial charge < -0.3 is 0 Å². The van der Waals surface area contributed by atoms with Crippen LogP contribution in [0.15, 0.2) is 30.3 Å². The lowest BCUT2D eigenvalue weighted by Gasteiger charge is -2.03. The van der Waals surface area contributed by atoms with Crippen LogP contribution in [0.4, 0.5) is 0 Å². The standard InChI is InChI=1S/C12H8Cl2N4/c1-7-15-10(14)6-11-16-17-12(18(7)11)8-3-2-4-9(13)5-8/h2-6H,1H3. The molecule has 0 saturated carbocycles. The summed E-state index contributed by atoms with van der Waals surface area (Å²) in [6, 6.07) is 9.13. The van der Waals surface area contributed by atoms with Crippen LogP contribution >= 0.6 is 23.2 Å². The van der Waals surface area contributed by atoms with Crippen LogP contribution < -0.4 is 0 Å². The van der Waals surface area contributed by atoms with Crippen molar-refractivity contribution in [2.75, 3.05) is 0 Å². The predicted octanol–water partition coefficient (Wildman–Crippen LogP) is 3.41. The Bertz CT molecular complexity index is 736. The Morgan fingerprint density at radius 1 is 1.11 bits per heavy atom. The zero-order valence-electron chi connectivity index (χ0n) is 9.43. The maximum absolute atomic E-state index is 5.98. The summed E-state index contributed by atoms with van der Waals surface area (Å²) < 4.78 is 1.84. The van der Waals surface area contributed by atoms with Crippen LogP contribution in [0.2, 0.25) is 10.2 Å². The highest BCUT2D eigenvalue weighted by molar-refractivity contribution is 6.30.